The van der Waals surface area contributed by atoms with Crippen molar-refractivity contribution in [3.8, 4) is 5.75 Å². The first-order chi connectivity index (χ1) is 23.2. The Hall–Kier alpha value is -2.23. The van der Waals surface area contributed by atoms with Crippen LogP contribution in [0.25, 0.3) is 10.8 Å². The minimum Gasteiger partial charge on any atom is -0.505 e. The molecule has 0 fully saturated rings. The van der Waals surface area contributed by atoms with Gasteiger partial charge in [-0.3, -0.25) is 18.5 Å². The molecule has 0 aliphatic rings. The van der Waals surface area contributed by atoms with Gasteiger partial charge in [0.1, 0.15) is 26.2 Å². The molecular weight excluding hydrogens is 823 g/mol. The summed E-state index contributed by atoms with van der Waals surface area (Å²) in [7, 11) is -15.2. The topological polar surface area (TPSA) is 275 Å². The Balaban J connectivity index is 0.00000324. The molecular formula is C27H17ClF2N6Na3O11S3. The number of carbonyl (C=O) groups is 1. The molecule has 263 valence electrons. The maximum Gasteiger partial charge on any atom is 0.313 e. The number of fused-ring (bicyclic) bond motifs is 1. The number of halogens is 3. The maximum atomic E-state index is 13.7. The summed E-state index contributed by atoms with van der Waals surface area (Å²) in [6, 6.07) is 11.4. The van der Waals surface area contributed by atoms with E-state index in [1.165, 1.54) is 36.4 Å². The maximum absolute atomic E-state index is 13.7. The van der Waals surface area contributed by atoms with Gasteiger partial charge in [0.25, 0.3) is 36.3 Å². The number of carbonyl (C=O) groups excluding carboxylic acids is 1. The van der Waals surface area contributed by atoms with Gasteiger partial charge in [-0.15, -0.1) is 10.2 Å². The van der Waals surface area contributed by atoms with Crippen molar-refractivity contribution >= 4 is 176 Å². The fourth-order valence-electron chi connectivity index (χ4n) is 4.38. The van der Waals surface area contributed by atoms with Gasteiger partial charge in [-0.05, 0) is 60.0 Å². The zero-order valence-electron chi connectivity index (χ0n) is 27.1. The second-order valence-corrected chi connectivity index (χ2v) is 14.4. The number of aromatic nitrogens is 2. The third kappa shape index (κ3) is 11.0. The average molecular weight is 840 g/mol. The summed E-state index contributed by atoms with van der Waals surface area (Å²) in [6.45, 7) is 0. The molecule has 0 unspecified atom stereocenters. The van der Waals surface area contributed by atoms with Gasteiger partial charge in [0, 0.05) is 105 Å². The molecule has 1 heterocycles. The van der Waals surface area contributed by atoms with Gasteiger partial charge in [0.15, 0.2) is 11.6 Å². The molecule has 6 N–H and O–H groups in total. The van der Waals surface area contributed by atoms with E-state index in [0.717, 1.165) is 12.1 Å². The van der Waals surface area contributed by atoms with Crippen LogP contribution in [0.4, 0.5) is 37.3 Å². The molecule has 17 nitrogen and oxygen atoms in total. The Kier molecular flexibility index (Phi) is 16.1. The number of aromatic hydroxyl groups is 1. The largest absolute Gasteiger partial charge is 0.505 e. The molecule has 1 amide bonds. The van der Waals surface area contributed by atoms with E-state index < -0.39 is 107 Å². The number of nitrogens with zero attached hydrogens (tertiary/aromatic N) is 4. The van der Waals surface area contributed by atoms with Crippen molar-refractivity contribution < 1.29 is 57.6 Å². The summed E-state index contributed by atoms with van der Waals surface area (Å²) in [5.41, 5.74) is -2.08. The van der Waals surface area contributed by atoms with Crippen molar-refractivity contribution in [3.05, 3.63) is 89.3 Å². The molecule has 5 rings (SSSR count). The van der Waals surface area contributed by atoms with Crippen molar-refractivity contribution in [2.45, 2.75) is 14.7 Å². The molecule has 53 heavy (non-hydrogen) atoms. The molecule has 0 atom stereocenters. The summed E-state index contributed by atoms with van der Waals surface area (Å²) >= 11 is 5.75. The zero-order valence-corrected chi connectivity index (χ0v) is 36.4. The van der Waals surface area contributed by atoms with Crippen molar-refractivity contribution in [3.63, 3.8) is 0 Å². The number of hydrogen-bond donors (Lipinski definition) is 6. The van der Waals surface area contributed by atoms with Gasteiger partial charge in [-0.25, -0.2) is 0 Å². The normalized spacial score (nSPS) is 11.7. The average Bonchev–Trinajstić information content (AvgIpc) is 3.01. The second kappa shape index (κ2) is 18.1. The number of rotatable bonds is 9. The van der Waals surface area contributed by atoms with Gasteiger partial charge in [-0.2, -0.15) is 44.0 Å². The van der Waals surface area contributed by atoms with Crippen LogP contribution < -0.4 is 10.6 Å². The van der Waals surface area contributed by atoms with Crippen molar-refractivity contribution in [1.82, 2.24) is 9.97 Å². The quantitative estimate of drug-likeness (QED) is 0.0398. The number of anilines is 3. The first kappa shape index (κ1) is 46.9. The van der Waals surface area contributed by atoms with E-state index in [1.54, 1.807) is 0 Å². The standard InChI is InChI=1S/C27H17ClF2N6O11S3.3Na/c28-21-24(29)33-27(30)34-25(21)31-14-7-5-12(6-8-14)26(38)32-17-11-15(48(39,40)41)9-13-10-19(50(45,46)47)22(23(37)20(13)17)36-35-16-3-1-2-4-18(16)49(42,43)44;;;/h1-11,37H,(H,32,38)(H,31,33,34)(H,39,40,41)(H,42,43,44)(H,45,46,47);;;. The minimum absolute atomic E-state index is 0. The summed E-state index contributed by atoms with van der Waals surface area (Å²) < 4.78 is 129. The summed E-state index contributed by atoms with van der Waals surface area (Å²) in [6.07, 6.45) is -1.41. The molecule has 0 aliphatic carbocycles. The van der Waals surface area contributed by atoms with Crippen molar-refractivity contribution in [2.75, 3.05) is 10.6 Å². The number of amides is 1. The van der Waals surface area contributed by atoms with E-state index in [4.69, 9.17) is 11.6 Å². The van der Waals surface area contributed by atoms with Gasteiger partial charge in [0.05, 0.1) is 10.6 Å². The predicted octanol–water partition coefficient (Wildman–Crippen LogP) is 4.28. The third-order valence-corrected chi connectivity index (χ3v) is 9.48. The summed E-state index contributed by atoms with van der Waals surface area (Å²) in [4.78, 5) is 16.6. The van der Waals surface area contributed by atoms with Crippen LogP contribution in [0.5, 0.6) is 5.75 Å². The van der Waals surface area contributed by atoms with Crippen molar-refractivity contribution in [1.29, 1.82) is 0 Å². The number of nitrogens with one attached hydrogen (secondary N) is 2. The van der Waals surface area contributed by atoms with Crippen LogP contribution >= 0.6 is 11.6 Å². The Morgan fingerprint density at radius 1 is 0.774 bits per heavy atom. The van der Waals surface area contributed by atoms with Gasteiger partial charge in [-0.1, -0.05) is 23.7 Å². The fourth-order valence-corrected chi connectivity index (χ4v) is 6.33. The Morgan fingerprint density at radius 2 is 1.38 bits per heavy atom. The van der Waals surface area contributed by atoms with E-state index in [0.29, 0.717) is 18.2 Å². The van der Waals surface area contributed by atoms with Crippen LogP contribution in [0.1, 0.15) is 10.4 Å². The summed E-state index contributed by atoms with van der Waals surface area (Å²) in [5, 5.41) is 21.7. The number of phenolic OH excluding ortho intramolecular Hbond substituents is 1. The predicted molar refractivity (Wildman–Crippen MR) is 188 cm³/mol. The fraction of sp³-hybridized carbons (Fsp3) is 0. The molecule has 0 aliphatic heterocycles. The molecule has 1 aromatic heterocycles. The van der Waals surface area contributed by atoms with E-state index in [9.17, 15) is 57.6 Å². The molecule has 0 bridgehead atoms. The third-order valence-electron chi connectivity index (χ3n) is 6.54. The first-order valence-corrected chi connectivity index (χ1v) is 17.8. The Labute approximate surface area is 369 Å². The van der Waals surface area contributed by atoms with E-state index in [2.05, 4.69) is 30.8 Å². The molecule has 4 aromatic carbocycles. The zero-order chi connectivity index (χ0) is 36.8. The number of benzene rings is 4. The molecule has 0 spiro atoms. The van der Waals surface area contributed by atoms with Crippen molar-refractivity contribution in [2.24, 2.45) is 10.2 Å². The van der Waals surface area contributed by atoms with E-state index >= 15 is 0 Å². The molecule has 0 saturated heterocycles. The second-order valence-electron chi connectivity index (χ2n) is 9.84. The van der Waals surface area contributed by atoms with Crippen LogP contribution in [-0.2, 0) is 30.4 Å². The van der Waals surface area contributed by atoms with Crippen LogP contribution in [0.3, 0.4) is 0 Å². The van der Waals surface area contributed by atoms with Crippen LogP contribution in [-0.4, -0.2) is 149 Å². The van der Waals surface area contributed by atoms with E-state index in [-0.39, 0.29) is 99.9 Å². The minimum atomic E-state index is -5.30. The van der Waals surface area contributed by atoms with Crippen LogP contribution in [0.15, 0.2) is 91.6 Å². The van der Waals surface area contributed by atoms with Gasteiger partial charge >= 0.3 is 6.08 Å². The SMILES string of the molecule is O=C(Nc1cc(S(=O)(=O)O)cc2cc(S(=O)(=O)O)c(N=Nc3ccccc3S(=O)(=O)O)c(O)c12)c1ccc(Nc2nc(F)nc(F)c2Cl)cc1.[Na].[Na].[Na]. The van der Waals surface area contributed by atoms with E-state index in [1.807, 2.05) is 0 Å². The van der Waals surface area contributed by atoms with Gasteiger partial charge < -0.3 is 15.7 Å². The molecule has 3 radical (unpaired) electrons. The number of azo groups is 1. The first-order valence-electron chi connectivity index (χ1n) is 13.1. The monoisotopic (exact) mass is 839 g/mol. The number of phenols is 1. The Morgan fingerprint density at radius 3 is 1.96 bits per heavy atom. The number of hydrogen-bond acceptors (Lipinski definition) is 13. The smallest absolute Gasteiger partial charge is 0.313 e. The molecule has 0 saturated carbocycles. The summed E-state index contributed by atoms with van der Waals surface area (Å²) in [5.74, 6) is -3.87. The van der Waals surface area contributed by atoms with Crippen LogP contribution in [0, 0.1) is 12.0 Å². The molecule has 26 heteroatoms. The van der Waals surface area contributed by atoms with Crippen LogP contribution in [0.2, 0.25) is 5.02 Å². The van der Waals surface area contributed by atoms with Gasteiger partial charge in [0.2, 0.25) is 5.95 Å². The Bertz CT molecular complexity index is 2610. The molecule has 5 aromatic rings.